The number of aliphatic hydroxyl groups is 1. The number of nitrogens with one attached hydrogen (secondary N) is 2. The lowest BCUT2D eigenvalue weighted by atomic mass is 10.1. The highest BCUT2D eigenvalue weighted by Gasteiger charge is 2.17. The number of ether oxygens (including phenoxy) is 1. The monoisotopic (exact) mass is 264 g/mol. The first-order valence-corrected chi connectivity index (χ1v) is 6.54. The Bertz CT molecular complexity index is 460. The van der Waals surface area contributed by atoms with E-state index >= 15 is 0 Å². The summed E-state index contributed by atoms with van der Waals surface area (Å²) in [6, 6.07) is 5.93. The van der Waals surface area contributed by atoms with E-state index in [-0.39, 0.29) is 24.7 Å². The van der Waals surface area contributed by atoms with Crippen molar-refractivity contribution in [2.24, 2.45) is 0 Å². The van der Waals surface area contributed by atoms with Crippen LogP contribution in [-0.2, 0) is 4.79 Å². The van der Waals surface area contributed by atoms with Gasteiger partial charge in [0.05, 0.1) is 11.8 Å². The molecule has 0 saturated heterocycles. The number of rotatable bonds is 5. The second-order valence-electron chi connectivity index (χ2n) is 4.91. The summed E-state index contributed by atoms with van der Waals surface area (Å²) in [5.74, 6) is 0.582. The van der Waals surface area contributed by atoms with Crippen LogP contribution in [0.1, 0.15) is 31.9 Å². The molecule has 0 fully saturated rings. The van der Waals surface area contributed by atoms with Crippen LogP contribution >= 0.6 is 0 Å². The summed E-state index contributed by atoms with van der Waals surface area (Å²) < 4.78 is 5.32. The smallest absolute Gasteiger partial charge is 0.262 e. The number of hydrogen-bond acceptors (Lipinski definition) is 4. The normalized spacial score (nSPS) is 17.1. The van der Waals surface area contributed by atoms with Gasteiger partial charge in [-0.1, -0.05) is 6.07 Å². The molecule has 1 amide bonds. The van der Waals surface area contributed by atoms with Gasteiger partial charge in [-0.25, -0.2) is 0 Å². The minimum atomic E-state index is -0.295. The maximum atomic E-state index is 11.3. The Kier molecular flexibility index (Phi) is 4.39. The Morgan fingerprint density at radius 2 is 2.26 bits per heavy atom. The summed E-state index contributed by atoms with van der Waals surface area (Å²) in [6.45, 7) is 4.65. The predicted octanol–water partition coefficient (Wildman–Crippen LogP) is 1.44. The predicted molar refractivity (Wildman–Crippen MR) is 73.3 cm³/mol. The van der Waals surface area contributed by atoms with Crippen LogP contribution in [0.3, 0.4) is 0 Å². The largest absolute Gasteiger partial charge is 0.482 e. The molecule has 1 aromatic carbocycles. The fourth-order valence-corrected chi connectivity index (χ4v) is 2.00. The zero-order valence-corrected chi connectivity index (χ0v) is 11.3. The Morgan fingerprint density at radius 1 is 1.47 bits per heavy atom. The van der Waals surface area contributed by atoms with Crippen LogP contribution in [0.5, 0.6) is 5.75 Å². The summed E-state index contributed by atoms with van der Waals surface area (Å²) in [7, 11) is 0. The molecule has 5 nitrogen and oxygen atoms in total. The third-order valence-electron chi connectivity index (χ3n) is 3.15. The number of carbonyl (C=O) groups excluding carboxylic acids is 1. The Hall–Kier alpha value is -1.59. The average molecular weight is 264 g/mol. The zero-order chi connectivity index (χ0) is 13.8. The average Bonchev–Trinajstić information content (AvgIpc) is 2.37. The molecular weight excluding hydrogens is 244 g/mol. The zero-order valence-electron chi connectivity index (χ0n) is 11.3. The highest BCUT2D eigenvalue weighted by molar-refractivity contribution is 5.95. The van der Waals surface area contributed by atoms with Crippen molar-refractivity contribution in [3.63, 3.8) is 0 Å². The quantitative estimate of drug-likeness (QED) is 0.752. The molecule has 104 valence electrons. The summed E-state index contributed by atoms with van der Waals surface area (Å²) in [5.41, 5.74) is 1.80. The van der Waals surface area contributed by atoms with E-state index in [9.17, 15) is 9.90 Å². The second kappa shape index (κ2) is 6.04. The number of aliphatic hydroxyl groups excluding tert-OH is 1. The molecular formula is C14H20N2O3. The second-order valence-corrected chi connectivity index (χ2v) is 4.91. The van der Waals surface area contributed by atoms with Crippen molar-refractivity contribution in [3.05, 3.63) is 23.8 Å². The SMILES string of the molecule is CC(O)CCNC(C)c1ccc2c(c1)NC(=O)CO2. The van der Waals surface area contributed by atoms with Crippen molar-refractivity contribution in [1.29, 1.82) is 0 Å². The van der Waals surface area contributed by atoms with E-state index in [2.05, 4.69) is 17.6 Å². The topological polar surface area (TPSA) is 70.6 Å². The van der Waals surface area contributed by atoms with Gasteiger partial charge in [-0.15, -0.1) is 0 Å². The molecule has 0 spiro atoms. The Balaban J connectivity index is 2.00. The minimum Gasteiger partial charge on any atom is -0.482 e. The Morgan fingerprint density at radius 3 is 3.00 bits per heavy atom. The lowest BCUT2D eigenvalue weighted by Gasteiger charge is -2.21. The standard InChI is InChI=1S/C14H20N2O3/c1-9(17)5-6-15-10(2)11-3-4-13-12(7-11)16-14(18)8-19-13/h3-4,7,9-10,15,17H,5-6,8H2,1-2H3,(H,16,18). The lowest BCUT2D eigenvalue weighted by Crippen LogP contribution is -2.26. The molecule has 0 saturated carbocycles. The molecule has 1 aromatic rings. The van der Waals surface area contributed by atoms with E-state index < -0.39 is 0 Å². The van der Waals surface area contributed by atoms with E-state index in [1.165, 1.54) is 0 Å². The van der Waals surface area contributed by atoms with Gasteiger partial charge in [-0.05, 0) is 44.5 Å². The van der Waals surface area contributed by atoms with Crippen LogP contribution in [0.2, 0.25) is 0 Å². The van der Waals surface area contributed by atoms with Crippen LogP contribution < -0.4 is 15.4 Å². The van der Waals surface area contributed by atoms with Gasteiger partial charge in [0.15, 0.2) is 6.61 Å². The third kappa shape index (κ3) is 3.68. The number of amides is 1. The fraction of sp³-hybridized carbons (Fsp3) is 0.500. The molecule has 1 heterocycles. The summed E-state index contributed by atoms with van der Waals surface area (Å²) in [4.78, 5) is 11.3. The van der Waals surface area contributed by atoms with Gasteiger partial charge in [0.25, 0.3) is 5.91 Å². The van der Waals surface area contributed by atoms with Gasteiger partial charge in [-0.3, -0.25) is 4.79 Å². The van der Waals surface area contributed by atoms with E-state index in [0.717, 1.165) is 24.2 Å². The Labute approximate surface area is 113 Å². The van der Waals surface area contributed by atoms with Crippen molar-refractivity contribution >= 4 is 11.6 Å². The molecule has 5 heteroatoms. The van der Waals surface area contributed by atoms with Crippen LogP contribution in [0.25, 0.3) is 0 Å². The molecule has 2 unspecified atom stereocenters. The van der Waals surface area contributed by atoms with Crippen LogP contribution in [0.15, 0.2) is 18.2 Å². The van der Waals surface area contributed by atoms with Crippen molar-refractivity contribution in [1.82, 2.24) is 5.32 Å². The van der Waals surface area contributed by atoms with E-state index in [1.54, 1.807) is 6.92 Å². The number of carbonyl (C=O) groups is 1. The van der Waals surface area contributed by atoms with Crippen molar-refractivity contribution in [2.45, 2.75) is 32.4 Å². The maximum Gasteiger partial charge on any atom is 0.262 e. The van der Waals surface area contributed by atoms with Gasteiger partial charge in [0, 0.05) is 6.04 Å². The molecule has 3 N–H and O–H groups in total. The molecule has 1 aliphatic rings. The molecule has 0 bridgehead atoms. The number of anilines is 1. The highest BCUT2D eigenvalue weighted by Crippen LogP contribution is 2.30. The first kappa shape index (κ1) is 13.8. The minimum absolute atomic E-state index is 0.0779. The van der Waals surface area contributed by atoms with Gasteiger partial charge in [0.1, 0.15) is 5.75 Å². The van der Waals surface area contributed by atoms with Gasteiger partial charge in [-0.2, -0.15) is 0 Å². The maximum absolute atomic E-state index is 11.3. The van der Waals surface area contributed by atoms with Crippen molar-refractivity contribution in [2.75, 3.05) is 18.5 Å². The third-order valence-corrected chi connectivity index (χ3v) is 3.15. The van der Waals surface area contributed by atoms with Crippen molar-refractivity contribution in [3.8, 4) is 5.75 Å². The van der Waals surface area contributed by atoms with Crippen molar-refractivity contribution < 1.29 is 14.6 Å². The van der Waals surface area contributed by atoms with E-state index in [4.69, 9.17) is 4.74 Å². The highest BCUT2D eigenvalue weighted by atomic mass is 16.5. The van der Waals surface area contributed by atoms with Crippen LogP contribution in [0, 0.1) is 0 Å². The lowest BCUT2D eigenvalue weighted by molar-refractivity contribution is -0.118. The van der Waals surface area contributed by atoms with Gasteiger partial charge < -0.3 is 20.5 Å². The van der Waals surface area contributed by atoms with Crippen LogP contribution in [0.4, 0.5) is 5.69 Å². The molecule has 19 heavy (non-hydrogen) atoms. The molecule has 2 atom stereocenters. The number of fused-ring (bicyclic) bond motifs is 1. The summed E-state index contributed by atoms with van der Waals surface area (Å²) in [5, 5.41) is 15.4. The van der Waals surface area contributed by atoms with E-state index in [0.29, 0.717) is 5.75 Å². The molecule has 2 rings (SSSR count). The van der Waals surface area contributed by atoms with E-state index in [1.807, 2.05) is 18.2 Å². The van der Waals surface area contributed by atoms with Crippen LogP contribution in [-0.4, -0.2) is 30.3 Å². The summed E-state index contributed by atoms with van der Waals surface area (Å²) >= 11 is 0. The number of benzene rings is 1. The molecule has 0 aromatic heterocycles. The van der Waals surface area contributed by atoms with Gasteiger partial charge >= 0.3 is 0 Å². The fourth-order valence-electron chi connectivity index (χ4n) is 2.00. The summed E-state index contributed by atoms with van der Waals surface area (Å²) in [6.07, 6.45) is 0.422. The molecule has 0 aliphatic carbocycles. The molecule has 1 aliphatic heterocycles. The first-order valence-electron chi connectivity index (χ1n) is 6.54. The first-order chi connectivity index (χ1) is 9.06. The van der Waals surface area contributed by atoms with Gasteiger partial charge in [0.2, 0.25) is 0 Å². The number of hydrogen-bond donors (Lipinski definition) is 3. The molecule has 0 radical (unpaired) electrons.